The predicted molar refractivity (Wildman–Crippen MR) is 81.0 cm³/mol. The quantitative estimate of drug-likeness (QED) is 0.879. The van der Waals surface area contributed by atoms with Gasteiger partial charge in [-0.2, -0.15) is 0 Å². The highest BCUT2D eigenvalue weighted by atomic mass is 79.9. The number of nitrogen functional groups attached to an aromatic ring is 1. The summed E-state index contributed by atoms with van der Waals surface area (Å²) < 4.78 is 28.0. The van der Waals surface area contributed by atoms with E-state index in [0.717, 1.165) is 21.4 Å². The molecule has 0 aliphatic rings. The lowest BCUT2D eigenvalue weighted by Crippen LogP contribution is -2.12. The van der Waals surface area contributed by atoms with E-state index in [1.165, 1.54) is 0 Å². The number of thiazole rings is 1. The number of hydrogen-bond donors (Lipinski definition) is 2. The Morgan fingerprint density at radius 3 is 2.53 bits per heavy atom. The average Bonchev–Trinajstić information content (AvgIpc) is 2.56. The number of anilines is 2. The number of rotatable bonds is 3. The number of aromatic nitrogens is 1. The van der Waals surface area contributed by atoms with E-state index < -0.39 is 10.0 Å². The predicted octanol–water partition coefficient (Wildman–Crippen LogP) is 2.91. The van der Waals surface area contributed by atoms with Crippen LogP contribution in [0, 0.1) is 13.8 Å². The normalized spacial score (nSPS) is 11.5. The van der Waals surface area contributed by atoms with Gasteiger partial charge in [-0.3, -0.25) is 4.72 Å². The standard InChI is InChI=1S/C11H12BrN3O2S2/c1-6-3-8(12)5-9(4-6)15-19(16,17)10-7(2)14-11(13)18-10/h3-5,15H,1-2H3,(H2,13,14). The van der Waals surface area contributed by atoms with E-state index in [4.69, 9.17) is 5.73 Å². The lowest BCUT2D eigenvalue weighted by atomic mass is 10.2. The maximum Gasteiger partial charge on any atom is 0.273 e. The summed E-state index contributed by atoms with van der Waals surface area (Å²) in [6.07, 6.45) is 0. The molecular formula is C11H12BrN3O2S2. The van der Waals surface area contributed by atoms with Crippen molar-refractivity contribution in [2.24, 2.45) is 0 Å². The number of aryl methyl sites for hydroxylation is 2. The smallest absolute Gasteiger partial charge is 0.273 e. The monoisotopic (exact) mass is 361 g/mol. The molecule has 2 aromatic rings. The Bertz CT molecular complexity index is 705. The van der Waals surface area contributed by atoms with Crippen molar-refractivity contribution in [2.75, 3.05) is 10.5 Å². The SMILES string of the molecule is Cc1cc(Br)cc(NS(=O)(=O)c2sc(N)nc2C)c1. The molecule has 0 radical (unpaired) electrons. The van der Waals surface area contributed by atoms with Gasteiger partial charge in [-0.15, -0.1) is 0 Å². The molecular weight excluding hydrogens is 350 g/mol. The molecule has 0 saturated carbocycles. The summed E-state index contributed by atoms with van der Waals surface area (Å²) in [4.78, 5) is 3.92. The van der Waals surface area contributed by atoms with Crippen LogP contribution in [0.15, 0.2) is 26.9 Å². The summed E-state index contributed by atoms with van der Waals surface area (Å²) in [7, 11) is -3.65. The third kappa shape index (κ3) is 3.26. The van der Waals surface area contributed by atoms with Crippen molar-refractivity contribution in [1.29, 1.82) is 0 Å². The van der Waals surface area contributed by atoms with Gasteiger partial charge in [-0.05, 0) is 37.6 Å². The van der Waals surface area contributed by atoms with Crippen molar-refractivity contribution in [2.45, 2.75) is 18.1 Å². The zero-order chi connectivity index (χ0) is 14.2. The molecule has 0 bridgehead atoms. The first-order chi connectivity index (χ1) is 8.78. The molecule has 2 rings (SSSR count). The zero-order valence-electron chi connectivity index (χ0n) is 10.3. The number of nitrogens with one attached hydrogen (secondary N) is 1. The van der Waals surface area contributed by atoms with E-state index in [2.05, 4.69) is 25.6 Å². The maximum absolute atomic E-state index is 12.2. The van der Waals surface area contributed by atoms with Crippen molar-refractivity contribution < 1.29 is 8.42 Å². The van der Waals surface area contributed by atoms with Gasteiger partial charge in [-0.1, -0.05) is 27.3 Å². The molecule has 5 nitrogen and oxygen atoms in total. The molecule has 0 aliphatic carbocycles. The van der Waals surface area contributed by atoms with E-state index in [1.54, 1.807) is 19.1 Å². The number of sulfonamides is 1. The first kappa shape index (κ1) is 14.3. The van der Waals surface area contributed by atoms with E-state index >= 15 is 0 Å². The van der Waals surface area contributed by atoms with Gasteiger partial charge < -0.3 is 5.73 Å². The maximum atomic E-state index is 12.2. The molecule has 0 fully saturated rings. The Balaban J connectivity index is 2.39. The van der Waals surface area contributed by atoms with Crippen LogP contribution in [-0.2, 0) is 10.0 Å². The molecule has 0 aliphatic heterocycles. The Hall–Kier alpha value is -1.12. The van der Waals surface area contributed by atoms with Gasteiger partial charge in [0.25, 0.3) is 10.0 Å². The number of halogens is 1. The second-order valence-electron chi connectivity index (χ2n) is 4.05. The van der Waals surface area contributed by atoms with Gasteiger partial charge in [0.05, 0.1) is 11.4 Å². The minimum atomic E-state index is -3.65. The first-order valence-corrected chi connectivity index (χ1v) is 8.40. The van der Waals surface area contributed by atoms with Gasteiger partial charge in [0.15, 0.2) is 9.34 Å². The van der Waals surface area contributed by atoms with Crippen molar-refractivity contribution in [3.8, 4) is 0 Å². The average molecular weight is 362 g/mol. The van der Waals surface area contributed by atoms with Gasteiger partial charge in [0, 0.05) is 4.47 Å². The number of nitrogens with zero attached hydrogens (tertiary/aromatic N) is 1. The molecule has 19 heavy (non-hydrogen) atoms. The molecule has 1 heterocycles. The van der Waals surface area contributed by atoms with E-state index in [0.29, 0.717) is 11.4 Å². The fourth-order valence-electron chi connectivity index (χ4n) is 1.65. The Morgan fingerprint density at radius 1 is 1.32 bits per heavy atom. The zero-order valence-corrected chi connectivity index (χ0v) is 13.5. The number of nitrogens with two attached hydrogens (primary N) is 1. The van der Waals surface area contributed by atoms with E-state index in [1.807, 2.05) is 13.0 Å². The van der Waals surface area contributed by atoms with Crippen molar-refractivity contribution in [3.63, 3.8) is 0 Å². The van der Waals surface area contributed by atoms with Crippen LogP contribution >= 0.6 is 27.3 Å². The van der Waals surface area contributed by atoms with Crippen LogP contribution in [0.5, 0.6) is 0 Å². The van der Waals surface area contributed by atoms with Crippen LogP contribution in [0.25, 0.3) is 0 Å². The highest BCUT2D eigenvalue weighted by Gasteiger charge is 2.21. The second-order valence-corrected chi connectivity index (χ2v) is 7.87. The third-order valence-electron chi connectivity index (χ3n) is 2.31. The second kappa shape index (κ2) is 5.10. The highest BCUT2D eigenvalue weighted by Crippen LogP contribution is 2.28. The summed E-state index contributed by atoms with van der Waals surface area (Å²) in [6.45, 7) is 3.51. The fourth-order valence-corrected chi connectivity index (χ4v) is 4.60. The topological polar surface area (TPSA) is 85.1 Å². The Morgan fingerprint density at radius 2 is 2.00 bits per heavy atom. The van der Waals surface area contributed by atoms with Crippen LogP contribution < -0.4 is 10.5 Å². The summed E-state index contributed by atoms with van der Waals surface area (Å²) >= 11 is 4.28. The van der Waals surface area contributed by atoms with Gasteiger partial charge in [0.2, 0.25) is 0 Å². The molecule has 0 atom stereocenters. The van der Waals surface area contributed by atoms with Crippen molar-refractivity contribution in [1.82, 2.24) is 4.98 Å². The molecule has 0 saturated heterocycles. The Kier molecular flexibility index (Phi) is 3.84. The first-order valence-electron chi connectivity index (χ1n) is 5.31. The van der Waals surface area contributed by atoms with E-state index in [-0.39, 0.29) is 9.34 Å². The van der Waals surface area contributed by atoms with E-state index in [9.17, 15) is 8.42 Å². The summed E-state index contributed by atoms with van der Waals surface area (Å²) in [5, 5.41) is 0.239. The largest absolute Gasteiger partial charge is 0.375 e. The molecule has 0 unspecified atom stereocenters. The van der Waals surface area contributed by atoms with Gasteiger partial charge >= 0.3 is 0 Å². The lowest BCUT2D eigenvalue weighted by Gasteiger charge is -2.08. The fraction of sp³-hybridized carbons (Fsp3) is 0.182. The molecule has 3 N–H and O–H groups in total. The minimum absolute atomic E-state index is 0.141. The molecule has 102 valence electrons. The summed E-state index contributed by atoms with van der Waals surface area (Å²) in [5.74, 6) is 0. The lowest BCUT2D eigenvalue weighted by molar-refractivity contribution is 0.602. The molecule has 1 aromatic heterocycles. The summed E-state index contributed by atoms with van der Waals surface area (Å²) in [5.41, 5.74) is 7.38. The summed E-state index contributed by atoms with van der Waals surface area (Å²) in [6, 6.07) is 5.35. The molecule has 0 spiro atoms. The van der Waals surface area contributed by atoms with Crippen LogP contribution in [0.2, 0.25) is 0 Å². The van der Waals surface area contributed by atoms with Crippen molar-refractivity contribution >= 4 is 48.1 Å². The van der Waals surface area contributed by atoms with Crippen molar-refractivity contribution in [3.05, 3.63) is 33.9 Å². The van der Waals surface area contributed by atoms with Crippen LogP contribution in [0.4, 0.5) is 10.8 Å². The van der Waals surface area contributed by atoms with Crippen LogP contribution in [0.3, 0.4) is 0 Å². The molecule has 0 amide bonds. The van der Waals surface area contributed by atoms with Gasteiger partial charge in [-0.25, -0.2) is 13.4 Å². The molecule has 8 heteroatoms. The number of benzene rings is 1. The minimum Gasteiger partial charge on any atom is -0.375 e. The van der Waals surface area contributed by atoms with Crippen LogP contribution in [0.1, 0.15) is 11.3 Å². The Labute approximate surface area is 124 Å². The van der Waals surface area contributed by atoms with Gasteiger partial charge in [0.1, 0.15) is 0 Å². The van der Waals surface area contributed by atoms with Crippen LogP contribution in [-0.4, -0.2) is 13.4 Å². The third-order valence-corrected chi connectivity index (χ3v) is 5.74. The molecule has 1 aromatic carbocycles. The highest BCUT2D eigenvalue weighted by molar-refractivity contribution is 9.10. The number of hydrogen-bond acceptors (Lipinski definition) is 5.